The Kier molecular flexibility index (Phi) is 6.64. The Balaban J connectivity index is 1.44. The number of thiazole rings is 1. The second-order valence-electron chi connectivity index (χ2n) is 7.14. The van der Waals surface area contributed by atoms with Gasteiger partial charge in [0.2, 0.25) is 5.75 Å². The lowest BCUT2D eigenvalue weighted by Gasteiger charge is -2.38. The summed E-state index contributed by atoms with van der Waals surface area (Å²) in [6.45, 7) is 7.95. The predicted molar refractivity (Wildman–Crippen MR) is 121 cm³/mol. The maximum absolute atomic E-state index is 13.4. The highest BCUT2D eigenvalue weighted by Gasteiger charge is 2.33. The highest BCUT2D eigenvalue weighted by Crippen LogP contribution is 2.39. The molecule has 7 nitrogen and oxygen atoms in total. The standard InChI is InChI=1S/C23H25FN2O5S/c1-4-28-18-9-14(10-19(29-5-2)21(18)30-6-3)22(27)31-16-12-26(13-16)23-25-17-8-7-15(24)11-20(17)32-23/h7-11,16H,4-6,12-13H2,1-3H3. The van der Waals surface area contributed by atoms with Gasteiger partial charge in [-0.1, -0.05) is 11.3 Å². The van der Waals surface area contributed by atoms with E-state index in [1.54, 1.807) is 18.2 Å². The smallest absolute Gasteiger partial charge is 0.338 e. The van der Waals surface area contributed by atoms with Crippen LogP contribution in [0.5, 0.6) is 17.2 Å². The van der Waals surface area contributed by atoms with E-state index in [2.05, 4.69) is 4.98 Å². The van der Waals surface area contributed by atoms with Crippen LogP contribution < -0.4 is 19.1 Å². The van der Waals surface area contributed by atoms with Gasteiger partial charge in [-0.05, 0) is 51.1 Å². The van der Waals surface area contributed by atoms with Crippen molar-refractivity contribution in [3.05, 3.63) is 41.7 Å². The molecule has 0 amide bonds. The van der Waals surface area contributed by atoms with Crippen LogP contribution in [0.25, 0.3) is 10.2 Å². The molecule has 1 fully saturated rings. The zero-order valence-corrected chi connectivity index (χ0v) is 19.0. The highest BCUT2D eigenvalue weighted by atomic mass is 32.1. The monoisotopic (exact) mass is 460 g/mol. The van der Waals surface area contributed by atoms with Crippen LogP contribution in [0.3, 0.4) is 0 Å². The van der Waals surface area contributed by atoms with E-state index >= 15 is 0 Å². The number of anilines is 1. The average Bonchev–Trinajstić information content (AvgIpc) is 3.15. The Morgan fingerprint density at radius 2 is 1.72 bits per heavy atom. The molecule has 0 atom stereocenters. The topological polar surface area (TPSA) is 70.1 Å². The number of ether oxygens (including phenoxy) is 4. The quantitative estimate of drug-likeness (QED) is 0.430. The number of hydrogen-bond donors (Lipinski definition) is 0. The van der Waals surface area contributed by atoms with Crippen LogP contribution in [0.1, 0.15) is 31.1 Å². The van der Waals surface area contributed by atoms with Crippen molar-refractivity contribution in [2.24, 2.45) is 0 Å². The second-order valence-corrected chi connectivity index (χ2v) is 8.15. The summed E-state index contributed by atoms with van der Waals surface area (Å²) in [5, 5.41) is 0.788. The number of esters is 1. The van der Waals surface area contributed by atoms with Crippen molar-refractivity contribution in [1.82, 2.24) is 4.98 Å². The van der Waals surface area contributed by atoms with Crippen molar-refractivity contribution >= 4 is 32.7 Å². The van der Waals surface area contributed by atoms with Gasteiger partial charge in [0.05, 0.1) is 48.7 Å². The number of nitrogens with zero attached hydrogens (tertiary/aromatic N) is 2. The minimum absolute atomic E-state index is 0.260. The van der Waals surface area contributed by atoms with Crippen molar-refractivity contribution in [3.8, 4) is 17.2 Å². The fourth-order valence-electron chi connectivity index (χ4n) is 3.42. The Morgan fingerprint density at radius 3 is 2.34 bits per heavy atom. The van der Waals surface area contributed by atoms with Crippen LogP contribution in [0.15, 0.2) is 30.3 Å². The third-order valence-electron chi connectivity index (χ3n) is 4.88. The molecule has 9 heteroatoms. The molecule has 1 aliphatic heterocycles. The molecule has 1 saturated heterocycles. The van der Waals surface area contributed by atoms with Gasteiger partial charge in [-0.2, -0.15) is 0 Å². The van der Waals surface area contributed by atoms with E-state index in [1.807, 2.05) is 25.7 Å². The number of hydrogen-bond acceptors (Lipinski definition) is 8. The molecular formula is C23H25FN2O5S. The maximum atomic E-state index is 13.4. The molecule has 0 unspecified atom stereocenters. The zero-order chi connectivity index (χ0) is 22.7. The van der Waals surface area contributed by atoms with E-state index in [0.717, 1.165) is 15.3 Å². The van der Waals surface area contributed by atoms with Crippen molar-refractivity contribution < 1.29 is 28.1 Å². The van der Waals surface area contributed by atoms with E-state index in [4.69, 9.17) is 18.9 Å². The van der Waals surface area contributed by atoms with E-state index in [1.165, 1.54) is 23.5 Å². The molecular weight excluding hydrogens is 435 g/mol. The molecule has 1 aromatic heterocycles. The molecule has 2 heterocycles. The molecule has 170 valence electrons. The molecule has 2 aromatic carbocycles. The third-order valence-corrected chi connectivity index (χ3v) is 5.96. The number of carbonyl (C=O) groups excluding carboxylic acids is 1. The normalized spacial score (nSPS) is 13.7. The molecule has 0 N–H and O–H groups in total. The molecule has 0 aliphatic carbocycles. The first-order chi connectivity index (χ1) is 15.5. The number of carbonyl (C=O) groups is 1. The fourth-order valence-corrected chi connectivity index (χ4v) is 4.42. The van der Waals surface area contributed by atoms with Crippen molar-refractivity contribution in [2.75, 3.05) is 37.8 Å². The Hall–Kier alpha value is -3.07. The lowest BCUT2D eigenvalue weighted by Crippen LogP contribution is -2.53. The minimum atomic E-state index is -0.453. The summed E-state index contributed by atoms with van der Waals surface area (Å²) in [5.74, 6) is 0.644. The van der Waals surface area contributed by atoms with Gasteiger partial charge in [0.15, 0.2) is 16.6 Å². The summed E-state index contributed by atoms with van der Waals surface area (Å²) in [6.07, 6.45) is -0.260. The first-order valence-corrected chi connectivity index (χ1v) is 11.4. The first-order valence-electron chi connectivity index (χ1n) is 10.6. The van der Waals surface area contributed by atoms with Gasteiger partial charge in [0.1, 0.15) is 11.9 Å². The van der Waals surface area contributed by atoms with Crippen LogP contribution in [-0.4, -0.2) is 50.0 Å². The zero-order valence-electron chi connectivity index (χ0n) is 18.2. The van der Waals surface area contributed by atoms with Crippen LogP contribution >= 0.6 is 11.3 Å². The Bertz CT molecular complexity index is 1090. The van der Waals surface area contributed by atoms with Gasteiger partial charge in [0.25, 0.3) is 0 Å². The van der Waals surface area contributed by atoms with Gasteiger partial charge in [-0.15, -0.1) is 0 Å². The molecule has 3 aromatic rings. The van der Waals surface area contributed by atoms with Crippen molar-refractivity contribution in [1.29, 1.82) is 0 Å². The predicted octanol–water partition coefficient (Wildman–Crippen LogP) is 4.68. The van der Waals surface area contributed by atoms with Gasteiger partial charge >= 0.3 is 5.97 Å². The van der Waals surface area contributed by atoms with E-state index in [-0.39, 0.29) is 11.9 Å². The number of aromatic nitrogens is 1. The van der Waals surface area contributed by atoms with E-state index in [0.29, 0.717) is 55.7 Å². The summed E-state index contributed by atoms with van der Waals surface area (Å²) in [4.78, 5) is 19.3. The van der Waals surface area contributed by atoms with Gasteiger partial charge in [0, 0.05) is 0 Å². The maximum Gasteiger partial charge on any atom is 0.338 e. The first kappa shape index (κ1) is 22.1. The molecule has 4 rings (SSSR count). The van der Waals surface area contributed by atoms with Crippen molar-refractivity contribution in [2.45, 2.75) is 26.9 Å². The van der Waals surface area contributed by atoms with Crippen LogP contribution in [0.2, 0.25) is 0 Å². The summed E-state index contributed by atoms with van der Waals surface area (Å²) >= 11 is 1.42. The number of halogens is 1. The molecule has 32 heavy (non-hydrogen) atoms. The summed E-state index contributed by atoms with van der Waals surface area (Å²) in [5.41, 5.74) is 1.10. The minimum Gasteiger partial charge on any atom is -0.490 e. The molecule has 0 saturated carbocycles. The summed E-state index contributed by atoms with van der Waals surface area (Å²) in [6, 6.07) is 7.79. The van der Waals surface area contributed by atoms with E-state index in [9.17, 15) is 9.18 Å². The summed E-state index contributed by atoms with van der Waals surface area (Å²) in [7, 11) is 0. The van der Waals surface area contributed by atoms with Crippen molar-refractivity contribution in [3.63, 3.8) is 0 Å². The third kappa shape index (κ3) is 4.57. The van der Waals surface area contributed by atoms with Gasteiger partial charge < -0.3 is 23.8 Å². The van der Waals surface area contributed by atoms with Gasteiger partial charge in [-0.25, -0.2) is 14.2 Å². The summed E-state index contributed by atoms with van der Waals surface area (Å²) < 4.78 is 36.9. The van der Waals surface area contributed by atoms with E-state index < -0.39 is 5.97 Å². The second kappa shape index (κ2) is 9.60. The van der Waals surface area contributed by atoms with Crippen LogP contribution in [-0.2, 0) is 4.74 Å². The van der Waals surface area contributed by atoms with Crippen LogP contribution in [0.4, 0.5) is 9.52 Å². The molecule has 0 spiro atoms. The Morgan fingerprint density at radius 1 is 1.06 bits per heavy atom. The lowest BCUT2D eigenvalue weighted by molar-refractivity contribution is 0.0233. The molecule has 0 radical (unpaired) electrons. The van der Waals surface area contributed by atoms with Gasteiger partial charge in [-0.3, -0.25) is 0 Å². The number of rotatable bonds is 9. The molecule has 0 bridgehead atoms. The SMILES string of the molecule is CCOc1cc(C(=O)OC2CN(c3nc4ccc(F)cc4s3)C2)cc(OCC)c1OCC. The number of fused-ring (bicyclic) bond motifs is 1. The average molecular weight is 461 g/mol. The lowest BCUT2D eigenvalue weighted by atomic mass is 10.1. The highest BCUT2D eigenvalue weighted by molar-refractivity contribution is 7.22. The fraction of sp³-hybridized carbons (Fsp3) is 0.391. The van der Waals surface area contributed by atoms with Crippen LogP contribution in [0, 0.1) is 5.82 Å². The Labute approximate surface area is 189 Å². The molecule has 1 aliphatic rings. The largest absolute Gasteiger partial charge is 0.490 e. The number of benzene rings is 2.